The molecule has 0 spiro atoms. The van der Waals surface area contributed by atoms with Crippen LogP contribution in [0.1, 0.15) is 72.9 Å². The Hall–Kier alpha value is -3.69. The fourth-order valence-corrected chi connectivity index (χ4v) is 7.32. The number of carbonyl (C=O) groups is 2. The molecule has 3 aromatic heterocycles. The molecule has 3 aliphatic rings. The van der Waals surface area contributed by atoms with Crippen molar-refractivity contribution in [1.29, 1.82) is 0 Å². The van der Waals surface area contributed by atoms with E-state index in [1.807, 2.05) is 39.6 Å². The molecule has 9 heteroatoms. The maximum atomic E-state index is 13.3. The summed E-state index contributed by atoms with van der Waals surface area (Å²) in [4.78, 5) is 29.9. The summed E-state index contributed by atoms with van der Waals surface area (Å²) in [5, 5.41) is 6.34. The van der Waals surface area contributed by atoms with Crippen LogP contribution >= 0.6 is 0 Å². The smallest absolute Gasteiger partial charge is 0.255 e. The van der Waals surface area contributed by atoms with E-state index in [1.165, 1.54) is 29.3 Å². The van der Waals surface area contributed by atoms with E-state index < -0.39 is 6.10 Å². The molecule has 1 aliphatic carbocycles. The van der Waals surface area contributed by atoms with E-state index in [4.69, 9.17) is 15.6 Å². The van der Waals surface area contributed by atoms with Crippen LogP contribution in [0.5, 0.6) is 0 Å². The Morgan fingerprint density at radius 1 is 1.05 bits per heavy atom. The molecule has 2 saturated heterocycles. The Kier molecular flexibility index (Phi) is 7.70. The van der Waals surface area contributed by atoms with E-state index in [-0.39, 0.29) is 17.9 Å². The first-order valence-corrected chi connectivity index (χ1v) is 16.3. The monoisotopic (exact) mass is 596 g/mol. The van der Waals surface area contributed by atoms with Crippen LogP contribution in [0.25, 0.3) is 27.8 Å². The Morgan fingerprint density at radius 3 is 2.57 bits per heavy atom. The number of methoxy groups -OCH3 is 1. The highest BCUT2D eigenvalue weighted by molar-refractivity contribution is 5.95. The first-order chi connectivity index (χ1) is 21.3. The lowest BCUT2D eigenvalue weighted by atomic mass is 9.88. The molecule has 2 N–H and O–H groups in total. The summed E-state index contributed by atoms with van der Waals surface area (Å²) in [7, 11) is 1.59. The minimum atomic E-state index is -0.403. The van der Waals surface area contributed by atoms with E-state index in [2.05, 4.69) is 35.8 Å². The number of aromatic nitrogens is 3. The quantitative estimate of drug-likeness (QED) is 0.325. The van der Waals surface area contributed by atoms with E-state index in [0.29, 0.717) is 23.9 Å². The second-order valence-corrected chi connectivity index (χ2v) is 13.2. The fraction of sp³-hybridized carbons (Fsp3) is 0.514. The molecule has 0 bridgehead atoms. The summed E-state index contributed by atoms with van der Waals surface area (Å²) in [5.41, 5.74) is 13.7. The Bertz CT molecular complexity index is 1710. The number of likely N-dealkylation sites (tertiary alicyclic amines) is 2. The molecule has 2 amide bonds. The molecule has 0 radical (unpaired) electrons. The van der Waals surface area contributed by atoms with Crippen molar-refractivity contribution in [1.82, 2.24) is 24.0 Å². The van der Waals surface area contributed by atoms with Crippen molar-refractivity contribution in [2.24, 2.45) is 11.7 Å². The van der Waals surface area contributed by atoms with Crippen LogP contribution in [0, 0.1) is 12.8 Å². The zero-order chi connectivity index (χ0) is 30.5. The van der Waals surface area contributed by atoms with Gasteiger partial charge >= 0.3 is 0 Å². The molecule has 9 nitrogen and oxygen atoms in total. The van der Waals surface area contributed by atoms with Gasteiger partial charge in [0.05, 0.1) is 22.3 Å². The Labute approximate surface area is 258 Å². The summed E-state index contributed by atoms with van der Waals surface area (Å²) in [6.45, 7) is 7.79. The summed E-state index contributed by atoms with van der Waals surface area (Å²) in [5.74, 6) is 1.17. The number of amides is 2. The lowest BCUT2D eigenvalue weighted by Gasteiger charge is -2.34. The van der Waals surface area contributed by atoms with Gasteiger partial charge in [0.1, 0.15) is 11.8 Å². The van der Waals surface area contributed by atoms with Gasteiger partial charge in [-0.15, -0.1) is 0 Å². The molecule has 44 heavy (non-hydrogen) atoms. The third-order valence-electron chi connectivity index (χ3n) is 10.1. The predicted octanol–water partition coefficient (Wildman–Crippen LogP) is 4.98. The second-order valence-electron chi connectivity index (χ2n) is 13.2. The SMILES string of the molecule is COC(C)C(=O)N1CCC(c2cccc3cc(-c4nn5cc(C(=O)N6CCC[C@@H](N)C6)ccc5c4C)n(CC4CC4)c23)CC1. The number of para-hydroxylation sites is 1. The van der Waals surface area contributed by atoms with Crippen molar-refractivity contribution >= 4 is 28.2 Å². The number of fused-ring (bicyclic) bond motifs is 2. The Balaban J connectivity index is 1.24. The fourth-order valence-electron chi connectivity index (χ4n) is 7.32. The van der Waals surface area contributed by atoms with Gasteiger partial charge in [-0.3, -0.25) is 9.59 Å². The van der Waals surface area contributed by atoms with Gasteiger partial charge in [-0.05, 0) is 88.0 Å². The minimum absolute atomic E-state index is 0.0219. The summed E-state index contributed by atoms with van der Waals surface area (Å²) < 4.78 is 9.69. The van der Waals surface area contributed by atoms with Gasteiger partial charge in [-0.25, -0.2) is 4.52 Å². The topological polar surface area (TPSA) is 98.1 Å². The number of nitrogens with zero attached hydrogens (tertiary/aromatic N) is 5. The molecule has 7 rings (SSSR count). The number of benzene rings is 1. The number of hydrogen-bond acceptors (Lipinski definition) is 5. The summed E-state index contributed by atoms with van der Waals surface area (Å²) >= 11 is 0. The normalized spacial score (nSPS) is 20.5. The van der Waals surface area contributed by atoms with E-state index >= 15 is 0 Å². The van der Waals surface area contributed by atoms with Crippen molar-refractivity contribution in [3.8, 4) is 11.4 Å². The van der Waals surface area contributed by atoms with E-state index in [9.17, 15) is 9.59 Å². The van der Waals surface area contributed by atoms with Gasteiger partial charge in [-0.1, -0.05) is 18.2 Å². The van der Waals surface area contributed by atoms with E-state index in [1.54, 1.807) is 7.11 Å². The van der Waals surface area contributed by atoms with Crippen LogP contribution in [0.15, 0.2) is 42.6 Å². The minimum Gasteiger partial charge on any atom is -0.372 e. The van der Waals surface area contributed by atoms with Gasteiger partial charge in [0.2, 0.25) is 0 Å². The third-order valence-corrected chi connectivity index (χ3v) is 10.1. The first kappa shape index (κ1) is 29.0. The molecule has 5 heterocycles. The maximum Gasteiger partial charge on any atom is 0.255 e. The number of rotatable bonds is 7. The van der Waals surface area contributed by atoms with E-state index in [0.717, 1.165) is 74.3 Å². The molecule has 2 atom stereocenters. The molecular weight excluding hydrogens is 552 g/mol. The highest BCUT2D eigenvalue weighted by Gasteiger charge is 2.31. The highest BCUT2D eigenvalue weighted by Crippen LogP contribution is 2.41. The average molecular weight is 597 g/mol. The van der Waals surface area contributed by atoms with Gasteiger partial charge in [-0.2, -0.15) is 5.10 Å². The lowest BCUT2D eigenvalue weighted by Crippen LogP contribution is -2.45. The van der Waals surface area contributed by atoms with Gasteiger partial charge < -0.3 is 24.8 Å². The lowest BCUT2D eigenvalue weighted by molar-refractivity contribution is -0.142. The number of aryl methyl sites for hydroxylation is 1. The van der Waals surface area contributed by atoms with Crippen LogP contribution in [-0.2, 0) is 16.1 Å². The Morgan fingerprint density at radius 2 is 1.84 bits per heavy atom. The van der Waals surface area contributed by atoms with Crippen molar-refractivity contribution in [2.45, 2.75) is 77.0 Å². The molecule has 1 aromatic carbocycles. The molecule has 1 unspecified atom stereocenters. The van der Waals surface area contributed by atoms with Crippen molar-refractivity contribution < 1.29 is 14.3 Å². The van der Waals surface area contributed by atoms with Gasteiger partial charge in [0.15, 0.2) is 0 Å². The average Bonchev–Trinajstić information content (AvgIpc) is 3.72. The number of hydrogen-bond donors (Lipinski definition) is 1. The largest absolute Gasteiger partial charge is 0.372 e. The molecule has 232 valence electrons. The van der Waals surface area contributed by atoms with Crippen LogP contribution in [0.3, 0.4) is 0 Å². The van der Waals surface area contributed by atoms with Crippen LogP contribution in [0.4, 0.5) is 0 Å². The number of carbonyl (C=O) groups excluding carboxylic acids is 2. The summed E-state index contributed by atoms with van der Waals surface area (Å²) in [6.07, 6.45) is 7.79. The van der Waals surface area contributed by atoms with Crippen molar-refractivity contribution in [2.75, 3.05) is 33.3 Å². The summed E-state index contributed by atoms with van der Waals surface area (Å²) in [6, 6.07) is 13.0. The number of pyridine rings is 1. The zero-order valence-corrected chi connectivity index (χ0v) is 26.2. The number of ether oxygens (including phenoxy) is 1. The maximum absolute atomic E-state index is 13.3. The number of nitrogens with two attached hydrogens (primary N) is 1. The van der Waals surface area contributed by atoms with Crippen LogP contribution in [-0.4, -0.2) is 81.2 Å². The molecule has 4 aromatic rings. The molecule has 1 saturated carbocycles. The molecule has 3 fully saturated rings. The second kappa shape index (κ2) is 11.7. The molecular formula is C35H44N6O3. The first-order valence-electron chi connectivity index (χ1n) is 16.3. The molecule has 2 aliphatic heterocycles. The van der Waals surface area contributed by atoms with Crippen LogP contribution in [0.2, 0.25) is 0 Å². The van der Waals surface area contributed by atoms with Crippen LogP contribution < -0.4 is 5.73 Å². The highest BCUT2D eigenvalue weighted by atomic mass is 16.5. The zero-order valence-electron chi connectivity index (χ0n) is 26.2. The van der Waals surface area contributed by atoms with Crippen molar-refractivity contribution in [3.63, 3.8) is 0 Å². The third kappa shape index (κ3) is 5.30. The van der Waals surface area contributed by atoms with Crippen molar-refractivity contribution in [3.05, 3.63) is 59.3 Å². The number of piperidine rings is 2. The predicted molar refractivity (Wildman–Crippen MR) is 172 cm³/mol. The van der Waals surface area contributed by atoms with Gasteiger partial charge in [0, 0.05) is 63.0 Å². The van der Waals surface area contributed by atoms with Gasteiger partial charge in [0.25, 0.3) is 11.8 Å². The standard InChI is InChI=1S/C35H44N6O3/c1-22-30-12-11-27(35(43)39-15-5-7-28(36)21-39)20-41(30)37-32(22)31-18-26-6-4-8-29(33(26)40(31)19-24-9-10-24)25-13-16-38(17-14-25)34(42)23(2)44-3/h4,6,8,11-12,18,20,23-25,28H,5,7,9-10,13-17,19,21,36H2,1-3H3/t23?,28-/m1/s1.